The predicted octanol–water partition coefficient (Wildman–Crippen LogP) is 5.39. The van der Waals surface area contributed by atoms with E-state index in [0.717, 1.165) is 65.9 Å². The number of rotatable bonds is 6. The van der Waals surface area contributed by atoms with E-state index in [-0.39, 0.29) is 11.6 Å². The Labute approximate surface area is 224 Å². The van der Waals surface area contributed by atoms with Gasteiger partial charge in [-0.15, -0.1) is 0 Å². The summed E-state index contributed by atoms with van der Waals surface area (Å²) < 4.78 is 63.7. The molecule has 0 atom stereocenters. The average Bonchev–Trinajstić information content (AvgIpc) is 3.28. The van der Waals surface area contributed by atoms with Crippen molar-refractivity contribution in [2.75, 3.05) is 13.1 Å². The summed E-state index contributed by atoms with van der Waals surface area (Å²) in [4.78, 5) is 22.5. The molecule has 0 saturated carbocycles. The molecule has 2 aromatic heterocycles. The Morgan fingerprint density at radius 2 is 1.72 bits per heavy atom. The van der Waals surface area contributed by atoms with E-state index in [1.54, 1.807) is 0 Å². The molecule has 5 rings (SSSR count). The number of alkyl halides is 3. The van der Waals surface area contributed by atoms with Crippen molar-refractivity contribution in [1.29, 1.82) is 0 Å². The van der Waals surface area contributed by atoms with Crippen molar-refractivity contribution >= 4 is 20.7 Å². The number of sulfone groups is 1. The Morgan fingerprint density at radius 3 is 2.36 bits per heavy atom. The highest BCUT2D eigenvalue weighted by molar-refractivity contribution is 7.92. The highest BCUT2D eigenvalue weighted by Crippen LogP contribution is 2.32. The van der Waals surface area contributed by atoms with E-state index < -0.39 is 20.2 Å². The molecule has 3 heterocycles. The number of hydrogen-bond acceptors (Lipinski definition) is 5. The Kier molecular flexibility index (Phi) is 7.15. The lowest BCUT2D eigenvalue weighted by atomic mass is 10.0. The number of imidazole rings is 1. The summed E-state index contributed by atoms with van der Waals surface area (Å²) in [7, 11) is -5.40. The van der Waals surface area contributed by atoms with Gasteiger partial charge in [-0.3, -0.25) is 9.69 Å². The van der Waals surface area contributed by atoms with Crippen LogP contribution in [0, 0.1) is 6.92 Å². The van der Waals surface area contributed by atoms with Crippen LogP contribution in [0.3, 0.4) is 0 Å². The normalized spacial score (nSPS) is 15.7. The number of benzene rings is 2. The number of para-hydroxylation sites is 1. The van der Waals surface area contributed by atoms with Crippen molar-refractivity contribution in [3.63, 3.8) is 0 Å². The third-order valence-corrected chi connectivity index (χ3v) is 8.93. The molecule has 0 spiro atoms. The van der Waals surface area contributed by atoms with Gasteiger partial charge in [-0.1, -0.05) is 25.1 Å². The second-order valence-corrected chi connectivity index (χ2v) is 11.8. The first-order chi connectivity index (χ1) is 18.5. The monoisotopic (exact) mass is 558 g/mol. The molecule has 7 nitrogen and oxygen atoms in total. The second kappa shape index (κ2) is 10.3. The Bertz CT molecular complexity index is 1670. The van der Waals surface area contributed by atoms with Crippen LogP contribution < -0.4 is 5.56 Å². The van der Waals surface area contributed by atoms with Crippen molar-refractivity contribution in [3.05, 3.63) is 81.9 Å². The van der Waals surface area contributed by atoms with Crippen molar-refractivity contribution in [2.45, 2.75) is 56.1 Å². The van der Waals surface area contributed by atoms with E-state index in [1.807, 2.05) is 48.7 Å². The molecule has 39 heavy (non-hydrogen) atoms. The fourth-order valence-electron chi connectivity index (χ4n) is 5.22. The summed E-state index contributed by atoms with van der Waals surface area (Å²) in [5, 5.41) is 1.07. The number of H-pyrrole nitrogens is 1. The van der Waals surface area contributed by atoms with Crippen LogP contribution >= 0.6 is 0 Å². The first-order valence-electron chi connectivity index (χ1n) is 12.8. The van der Waals surface area contributed by atoms with Crippen LogP contribution in [0.15, 0.2) is 64.3 Å². The first-order valence-corrected chi connectivity index (χ1v) is 14.3. The molecule has 1 fully saturated rings. The minimum absolute atomic E-state index is 0.0801. The van der Waals surface area contributed by atoms with Gasteiger partial charge in [-0.25, -0.2) is 13.4 Å². The van der Waals surface area contributed by atoms with Crippen LogP contribution in [0.2, 0.25) is 0 Å². The van der Waals surface area contributed by atoms with Crippen LogP contribution in [-0.2, 0) is 22.8 Å². The van der Waals surface area contributed by atoms with Crippen molar-refractivity contribution < 1.29 is 21.6 Å². The van der Waals surface area contributed by atoms with E-state index >= 15 is 0 Å². The summed E-state index contributed by atoms with van der Waals surface area (Å²) in [6.45, 7) is 6.03. The number of likely N-dealkylation sites (tertiary alicyclic amines) is 1. The number of aromatic nitrogens is 3. The molecule has 2 aromatic carbocycles. The fraction of sp³-hybridized carbons (Fsp3) is 0.357. The third kappa shape index (κ3) is 5.12. The summed E-state index contributed by atoms with van der Waals surface area (Å²) in [5.41, 5.74) is -1.36. The highest BCUT2D eigenvalue weighted by Gasteiger charge is 2.46. The predicted molar refractivity (Wildman–Crippen MR) is 143 cm³/mol. The lowest BCUT2D eigenvalue weighted by Gasteiger charge is -2.33. The number of nitrogens with zero attached hydrogens (tertiary/aromatic N) is 3. The molecule has 11 heteroatoms. The number of halogens is 3. The molecule has 206 valence electrons. The minimum Gasteiger partial charge on any atom is -0.342 e. The van der Waals surface area contributed by atoms with Crippen LogP contribution in [-0.4, -0.2) is 46.5 Å². The van der Waals surface area contributed by atoms with Gasteiger partial charge < -0.3 is 9.55 Å². The van der Waals surface area contributed by atoms with Crippen molar-refractivity contribution in [3.8, 4) is 11.4 Å². The summed E-state index contributed by atoms with van der Waals surface area (Å²) in [5.74, 6) is 0.461. The fourth-order valence-corrected chi connectivity index (χ4v) is 5.98. The van der Waals surface area contributed by atoms with E-state index in [4.69, 9.17) is 0 Å². The Hall–Kier alpha value is -3.44. The van der Waals surface area contributed by atoms with E-state index in [0.29, 0.717) is 24.4 Å². The van der Waals surface area contributed by atoms with Crippen LogP contribution in [0.25, 0.3) is 22.3 Å². The van der Waals surface area contributed by atoms with Gasteiger partial charge in [-0.2, -0.15) is 13.2 Å². The number of piperidine rings is 1. The van der Waals surface area contributed by atoms with Gasteiger partial charge >= 0.3 is 5.51 Å². The molecule has 1 N–H and O–H groups in total. The van der Waals surface area contributed by atoms with Gasteiger partial charge in [-0.05, 0) is 68.0 Å². The van der Waals surface area contributed by atoms with Gasteiger partial charge in [0.15, 0.2) is 0 Å². The average molecular weight is 559 g/mol. The van der Waals surface area contributed by atoms with Crippen LogP contribution in [0.1, 0.15) is 42.8 Å². The number of hydrogen-bond donors (Lipinski definition) is 1. The van der Waals surface area contributed by atoms with Crippen molar-refractivity contribution in [2.24, 2.45) is 0 Å². The number of aromatic amines is 1. The molecule has 0 radical (unpaired) electrons. The smallest absolute Gasteiger partial charge is 0.342 e. The van der Waals surface area contributed by atoms with Gasteiger partial charge in [0.2, 0.25) is 0 Å². The van der Waals surface area contributed by atoms with Gasteiger partial charge in [0.25, 0.3) is 15.4 Å². The maximum atomic E-state index is 13.2. The van der Waals surface area contributed by atoms with Crippen molar-refractivity contribution in [1.82, 2.24) is 19.4 Å². The summed E-state index contributed by atoms with van der Waals surface area (Å²) in [6.07, 6.45) is 2.33. The standard InChI is InChI=1S/C28H29F3N4O3S/c1-3-19-16-21-6-4-5-7-25(21)35(27(19)36)22-12-14-34(15-13-22)17-24-18(2)32-26(33-24)20-8-10-23(11-9-20)39(37,38)28(29,30)31/h4-11,16,22H,3,12-15,17H2,1-2H3,(H,32,33). The molecular weight excluding hydrogens is 529 g/mol. The molecule has 1 aliphatic rings. The summed E-state index contributed by atoms with van der Waals surface area (Å²) >= 11 is 0. The molecule has 0 bridgehead atoms. The van der Waals surface area contributed by atoms with E-state index in [1.165, 1.54) is 12.1 Å². The molecule has 1 aliphatic heterocycles. The Balaban J connectivity index is 1.30. The van der Waals surface area contributed by atoms with Crippen LogP contribution in [0.5, 0.6) is 0 Å². The quantitative estimate of drug-likeness (QED) is 0.343. The first kappa shape index (κ1) is 27.1. The van der Waals surface area contributed by atoms with Gasteiger partial charge in [0.05, 0.1) is 16.1 Å². The number of pyridine rings is 1. The topological polar surface area (TPSA) is 88.1 Å². The molecule has 0 aliphatic carbocycles. The molecule has 0 unspecified atom stereocenters. The maximum Gasteiger partial charge on any atom is 0.501 e. The van der Waals surface area contributed by atoms with Gasteiger partial charge in [0.1, 0.15) is 5.82 Å². The lowest BCUT2D eigenvalue weighted by Crippen LogP contribution is -2.38. The van der Waals surface area contributed by atoms with Gasteiger partial charge in [0, 0.05) is 42.5 Å². The zero-order valence-electron chi connectivity index (χ0n) is 21.6. The second-order valence-electron chi connectivity index (χ2n) is 9.90. The zero-order chi connectivity index (χ0) is 27.9. The van der Waals surface area contributed by atoms with E-state index in [9.17, 15) is 26.4 Å². The number of nitrogens with one attached hydrogen (secondary N) is 1. The summed E-state index contributed by atoms with van der Waals surface area (Å²) in [6, 6.07) is 14.6. The largest absolute Gasteiger partial charge is 0.501 e. The lowest BCUT2D eigenvalue weighted by molar-refractivity contribution is -0.0436. The molecule has 1 saturated heterocycles. The third-order valence-electron chi connectivity index (χ3n) is 7.42. The molecular formula is C28H29F3N4O3S. The van der Waals surface area contributed by atoms with Crippen LogP contribution in [0.4, 0.5) is 13.2 Å². The SMILES string of the molecule is CCc1cc2ccccc2n(C2CCN(Cc3nc(-c4ccc(S(=O)(=O)C(F)(F)F)cc4)[nH]c3C)CC2)c1=O. The number of aryl methyl sites for hydroxylation is 2. The molecule has 0 amide bonds. The highest BCUT2D eigenvalue weighted by atomic mass is 32.2. The molecule has 4 aromatic rings. The zero-order valence-corrected chi connectivity index (χ0v) is 22.4. The number of fused-ring (bicyclic) bond motifs is 1. The minimum atomic E-state index is -5.40. The Morgan fingerprint density at radius 1 is 1.05 bits per heavy atom. The maximum absolute atomic E-state index is 13.2. The van der Waals surface area contributed by atoms with E-state index in [2.05, 4.69) is 14.9 Å².